The summed E-state index contributed by atoms with van der Waals surface area (Å²) in [7, 11) is 6.15. The van der Waals surface area contributed by atoms with Gasteiger partial charge in [-0.3, -0.25) is 4.98 Å². The SMILES string of the molecule is [B]c1cnn2c(NCc3cccnc3)cc(C3CCCN(C(=O)NCc4cccc(F)c4)C3)nc12. The van der Waals surface area contributed by atoms with Gasteiger partial charge in [0.1, 0.15) is 19.5 Å². The Morgan fingerprint density at radius 2 is 2.03 bits per heavy atom. The van der Waals surface area contributed by atoms with Crippen LogP contribution in [0.5, 0.6) is 0 Å². The molecule has 1 fully saturated rings. The lowest BCUT2D eigenvalue weighted by atomic mass is 9.94. The minimum absolute atomic E-state index is 0.0573. The summed E-state index contributed by atoms with van der Waals surface area (Å²) >= 11 is 0. The van der Waals surface area contributed by atoms with Gasteiger partial charge >= 0.3 is 6.03 Å². The molecule has 2 amide bonds. The molecule has 4 heterocycles. The molecule has 1 saturated heterocycles. The van der Waals surface area contributed by atoms with E-state index in [1.54, 1.807) is 33.9 Å². The van der Waals surface area contributed by atoms with Gasteiger partial charge in [-0.2, -0.15) is 9.61 Å². The molecule has 0 spiro atoms. The maximum absolute atomic E-state index is 13.4. The molecule has 1 unspecified atom stereocenters. The highest BCUT2D eigenvalue weighted by atomic mass is 19.1. The summed E-state index contributed by atoms with van der Waals surface area (Å²) in [5, 5.41) is 10.7. The zero-order valence-corrected chi connectivity index (χ0v) is 19.2. The van der Waals surface area contributed by atoms with E-state index in [0.717, 1.165) is 35.5 Å². The van der Waals surface area contributed by atoms with Crippen LogP contribution in [0.3, 0.4) is 0 Å². The molecule has 5 rings (SSSR count). The van der Waals surface area contributed by atoms with Crippen LogP contribution in [0, 0.1) is 5.82 Å². The third-order valence-corrected chi connectivity index (χ3v) is 6.17. The van der Waals surface area contributed by atoms with E-state index in [4.69, 9.17) is 12.8 Å². The van der Waals surface area contributed by atoms with Crippen LogP contribution in [0.2, 0.25) is 0 Å². The molecule has 2 radical (unpaired) electrons. The van der Waals surface area contributed by atoms with Crippen LogP contribution in [-0.2, 0) is 13.1 Å². The molecule has 0 bridgehead atoms. The van der Waals surface area contributed by atoms with E-state index in [1.165, 1.54) is 12.1 Å². The molecule has 0 aliphatic carbocycles. The van der Waals surface area contributed by atoms with Crippen LogP contribution in [0.25, 0.3) is 5.65 Å². The van der Waals surface area contributed by atoms with E-state index in [-0.39, 0.29) is 24.3 Å². The van der Waals surface area contributed by atoms with E-state index in [1.807, 2.05) is 24.4 Å². The van der Waals surface area contributed by atoms with Crippen molar-refractivity contribution < 1.29 is 9.18 Å². The number of hydrogen-bond acceptors (Lipinski definition) is 5. The van der Waals surface area contributed by atoms with Gasteiger partial charge in [-0.25, -0.2) is 14.2 Å². The van der Waals surface area contributed by atoms with Crippen molar-refractivity contribution in [1.29, 1.82) is 0 Å². The van der Waals surface area contributed by atoms with Crippen LogP contribution in [0.1, 0.15) is 35.6 Å². The summed E-state index contributed by atoms with van der Waals surface area (Å²) in [5.74, 6) is 0.517. The van der Waals surface area contributed by atoms with Gasteiger partial charge in [0.15, 0.2) is 5.65 Å². The molecule has 4 aromatic rings. The molecule has 1 atom stereocenters. The minimum Gasteiger partial charge on any atom is -0.366 e. The highest BCUT2D eigenvalue weighted by molar-refractivity contribution is 6.36. The van der Waals surface area contributed by atoms with Gasteiger partial charge in [-0.1, -0.05) is 18.2 Å². The number of urea groups is 1. The number of pyridine rings is 1. The molecule has 8 nitrogen and oxygen atoms in total. The average molecular weight is 469 g/mol. The first-order valence-electron chi connectivity index (χ1n) is 11.6. The molecule has 1 aliphatic rings. The van der Waals surface area contributed by atoms with Gasteiger partial charge in [0.2, 0.25) is 0 Å². The predicted molar refractivity (Wildman–Crippen MR) is 132 cm³/mol. The number of benzene rings is 1. The summed E-state index contributed by atoms with van der Waals surface area (Å²) in [6.07, 6.45) is 6.91. The molecule has 176 valence electrons. The third-order valence-electron chi connectivity index (χ3n) is 6.17. The van der Waals surface area contributed by atoms with Crippen molar-refractivity contribution in [2.24, 2.45) is 0 Å². The maximum atomic E-state index is 13.4. The number of likely N-dealkylation sites (tertiary alicyclic amines) is 1. The molecule has 10 heteroatoms. The highest BCUT2D eigenvalue weighted by Gasteiger charge is 2.26. The van der Waals surface area contributed by atoms with E-state index in [9.17, 15) is 9.18 Å². The van der Waals surface area contributed by atoms with Crippen LogP contribution >= 0.6 is 0 Å². The largest absolute Gasteiger partial charge is 0.366 e. The van der Waals surface area contributed by atoms with Gasteiger partial charge in [-0.15, -0.1) is 0 Å². The van der Waals surface area contributed by atoms with Crippen LogP contribution in [0.15, 0.2) is 61.1 Å². The first kappa shape index (κ1) is 22.8. The van der Waals surface area contributed by atoms with Crippen LogP contribution < -0.4 is 16.1 Å². The Labute approximate surface area is 204 Å². The van der Waals surface area contributed by atoms with Crippen LogP contribution in [0.4, 0.5) is 15.0 Å². The van der Waals surface area contributed by atoms with Crippen molar-refractivity contribution in [3.8, 4) is 0 Å². The summed E-state index contributed by atoms with van der Waals surface area (Å²) in [6, 6.07) is 11.9. The second-order valence-electron chi connectivity index (χ2n) is 8.69. The number of fused-ring (bicyclic) bond motifs is 1. The Morgan fingerprint density at radius 1 is 1.14 bits per heavy atom. The summed E-state index contributed by atoms with van der Waals surface area (Å²) in [6.45, 7) is 2.05. The lowest BCUT2D eigenvalue weighted by molar-refractivity contribution is 0.178. The molecule has 2 N–H and O–H groups in total. The molecule has 1 aliphatic heterocycles. The summed E-state index contributed by atoms with van der Waals surface area (Å²) < 4.78 is 15.1. The minimum atomic E-state index is -0.316. The van der Waals surface area contributed by atoms with Gasteiger partial charge in [0, 0.05) is 56.8 Å². The van der Waals surface area contributed by atoms with Crippen LogP contribution in [-0.4, -0.2) is 51.4 Å². The fourth-order valence-corrected chi connectivity index (χ4v) is 4.37. The first-order valence-corrected chi connectivity index (χ1v) is 11.6. The standard InChI is InChI=1S/C25H25BFN7O/c26-21-15-31-34-23(29-14-18-5-2-8-28-12-18)11-22(32-24(21)34)19-6-3-9-33(16-19)25(35)30-13-17-4-1-7-20(27)10-17/h1-2,4-5,7-8,10-12,15,19,29H,3,6,9,13-14,16H2,(H,30,35). The smallest absolute Gasteiger partial charge is 0.317 e. The second kappa shape index (κ2) is 10.1. The number of hydrogen-bond donors (Lipinski definition) is 2. The second-order valence-corrected chi connectivity index (χ2v) is 8.69. The molecular formula is C25H25BFN7O. The number of rotatable bonds is 6. The summed E-state index contributed by atoms with van der Waals surface area (Å²) in [5.41, 5.74) is 3.71. The fraction of sp³-hybridized carbons (Fsp3) is 0.280. The predicted octanol–water partition coefficient (Wildman–Crippen LogP) is 2.76. The van der Waals surface area contributed by atoms with E-state index >= 15 is 0 Å². The van der Waals surface area contributed by atoms with Crippen molar-refractivity contribution in [3.63, 3.8) is 0 Å². The molecule has 35 heavy (non-hydrogen) atoms. The normalized spacial score (nSPS) is 15.8. The third kappa shape index (κ3) is 5.26. The van der Waals surface area contributed by atoms with E-state index in [2.05, 4.69) is 20.7 Å². The first-order chi connectivity index (χ1) is 17.1. The van der Waals surface area contributed by atoms with Gasteiger partial charge in [-0.05, 0) is 47.6 Å². The number of nitrogens with zero attached hydrogens (tertiary/aromatic N) is 5. The van der Waals surface area contributed by atoms with Gasteiger partial charge in [0.25, 0.3) is 0 Å². The molecule has 1 aromatic carbocycles. The van der Waals surface area contributed by atoms with Crippen molar-refractivity contribution in [2.45, 2.75) is 31.8 Å². The van der Waals surface area contributed by atoms with E-state index < -0.39 is 0 Å². The number of anilines is 1. The number of amides is 2. The van der Waals surface area contributed by atoms with Gasteiger partial charge in [0.05, 0.1) is 5.69 Å². The number of carbonyl (C=O) groups excluding carboxylic acids is 1. The Hall–Kier alpha value is -3.95. The number of halogens is 1. The lowest BCUT2D eigenvalue weighted by Crippen LogP contribution is -2.44. The monoisotopic (exact) mass is 469 g/mol. The zero-order valence-electron chi connectivity index (χ0n) is 19.2. The van der Waals surface area contributed by atoms with Crippen molar-refractivity contribution in [3.05, 3.63) is 83.7 Å². The summed E-state index contributed by atoms with van der Waals surface area (Å²) in [4.78, 5) is 23.6. The molecular weight excluding hydrogens is 444 g/mol. The number of piperidine rings is 1. The Morgan fingerprint density at radius 3 is 2.86 bits per heavy atom. The Balaban J connectivity index is 1.31. The number of nitrogens with one attached hydrogen (secondary N) is 2. The number of aromatic nitrogens is 4. The quantitative estimate of drug-likeness (QED) is 0.424. The highest BCUT2D eigenvalue weighted by Crippen LogP contribution is 2.28. The Kier molecular flexibility index (Phi) is 6.60. The van der Waals surface area contributed by atoms with E-state index in [0.29, 0.717) is 30.7 Å². The molecule has 3 aromatic heterocycles. The fourth-order valence-electron chi connectivity index (χ4n) is 4.37. The molecule has 0 saturated carbocycles. The van der Waals surface area contributed by atoms with Crippen molar-refractivity contribution in [2.75, 3.05) is 18.4 Å². The zero-order chi connectivity index (χ0) is 24.2. The average Bonchev–Trinajstić information content (AvgIpc) is 3.27. The lowest BCUT2D eigenvalue weighted by Gasteiger charge is -2.32. The van der Waals surface area contributed by atoms with Gasteiger partial charge < -0.3 is 15.5 Å². The van der Waals surface area contributed by atoms with Crippen molar-refractivity contribution >= 4 is 30.8 Å². The van der Waals surface area contributed by atoms with Crippen molar-refractivity contribution in [1.82, 2.24) is 29.8 Å². The topological polar surface area (TPSA) is 87.5 Å². The number of carbonyl (C=O) groups is 1. The maximum Gasteiger partial charge on any atom is 0.317 e. The Bertz CT molecular complexity index is 1330.